The van der Waals surface area contributed by atoms with Crippen molar-refractivity contribution < 1.29 is 8.83 Å². The number of fused-ring (bicyclic) bond motifs is 15. The number of nitrogens with zero attached hydrogens (tertiary/aromatic N) is 3. The summed E-state index contributed by atoms with van der Waals surface area (Å²) in [5.74, 6) is 0. The third-order valence-corrected chi connectivity index (χ3v) is 16.4. The van der Waals surface area contributed by atoms with Gasteiger partial charge in [-0.25, -0.2) is 0 Å². The van der Waals surface area contributed by atoms with E-state index in [4.69, 9.17) is 8.83 Å². The van der Waals surface area contributed by atoms with Gasteiger partial charge < -0.3 is 18.6 Å². The minimum Gasteiger partial charge on any atom is -0.455 e. The molecule has 0 radical (unpaired) electrons. The van der Waals surface area contributed by atoms with Gasteiger partial charge in [0.1, 0.15) is 22.8 Å². The van der Waals surface area contributed by atoms with Crippen molar-refractivity contribution in [1.82, 2.24) is 0 Å². The van der Waals surface area contributed by atoms with Gasteiger partial charge in [-0.15, -0.1) is 0 Å². The highest BCUT2D eigenvalue weighted by Gasteiger charge is 2.37. The Bertz CT molecular complexity index is 4570. The number of hydrogen-bond acceptors (Lipinski definition) is 5. The summed E-state index contributed by atoms with van der Waals surface area (Å²) in [6.45, 7) is 9.28. The van der Waals surface area contributed by atoms with Crippen molar-refractivity contribution in [3.05, 3.63) is 240 Å². The summed E-state index contributed by atoms with van der Waals surface area (Å²) >= 11 is 0. The molecule has 2 heterocycles. The molecule has 0 spiro atoms. The first-order chi connectivity index (χ1) is 36.1. The van der Waals surface area contributed by atoms with Gasteiger partial charge in [0.15, 0.2) is 5.58 Å². The van der Waals surface area contributed by atoms with Gasteiger partial charge in [0.25, 0.3) is 0 Å². The highest BCUT2D eigenvalue weighted by Crippen LogP contribution is 2.53. The molecule has 0 aliphatic heterocycles. The standard InChI is InChI=1S/C69H47N3O2/c1-68(2)59-21-13-11-19-52(59)54-38-50(27-29-61(54)68)71(46-15-7-5-8-16-46)48-25-23-41-33-56-57-35-45(40-70)66-65(67(57)74-63(56)36-43(41)31-48)58-34-42-24-26-49(32-44(42)37-64(58)73-66)72(47-17-9-6-10-18-47)51-28-30-62-55(39-51)53-20-12-14-22-60(53)69(62,3)4/h5-39H,1-4H3. The molecule has 0 bridgehead atoms. The molecule has 2 aromatic heterocycles. The van der Waals surface area contributed by atoms with E-state index in [1.165, 1.54) is 44.5 Å². The van der Waals surface area contributed by atoms with Crippen LogP contribution in [0.2, 0.25) is 0 Å². The van der Waals surface area contributed by atoms with Gasteiger partial charge in [-0.05, 0) is 169 Å². The molecular weight excluding hydrogens is 903 g/mol. The number of para-hydroxylation sites is 2. The molecule has 0 fully saturated rings. The Hall–Kier alpha value is -9.37. The molecule has 0 atom stereocenters. The first kappa shape index (κ1) is 42.3. The Balaban J connectivity index is 0.852. The van der Waals surface area contributed by atoms with Gasteiger partial charge in [0.05, 0.1) is 10.9 Å². The van der Waals surface area contributed by atoms with Crippen LogP contribution < -0.4 is 9.80 Å². The summed E-state index contributed by atoms with van der Waals surface area (Å²) in [4.78, 5) is 4.68. The van der Waals surface area contributed by atoms with Crippen molar-refractivity contribution in [3.63, 3.8) is 0 Å². The monoisotopic (exact) mass is 949 g/mol. The zero-order valence-corrected chi connectivity index (χ0v) is 41.4. The van der Waals surface area contributed by atoms with Crippen LogP contribution in [0.5, 0.6) is 0 Å². The van der Waals surface area contributed by atoms with Crippen LogP contribution in [0, 0.1) is 11.3 Å². The molecule has 13 aromatic rings. The molecule has 0 amide bonds. The van der Waals surface area contributed by atoms with Crippen LogP contribution in [0.25, 0.3) is 87.7 Å². The van der Waals surface area contributed by atoms with Crippen LogP contribution in [-0.2, 0) is 10.8 Å². The first-order valence-electron chi connectivity index (χ1n) is 25.4. The van der Waals surface area contributed by atoms with E-state index in [1.807, 2.05) is 6.07 Å². The maximum Gasteiger partial charge on any atom is 0.156 e. The van der Waals surface area contributed by atoms with E-state index in [9.17, 15) is 5.26 Å². The maximum atomic E-state index is 10.7. The molecule has 15 rings (SSSR count). The lowest BCUT2D eigenvalue weighted by atomic mass is 9.82. The highest BCUT2D eigenvalue weighted by atomic mass is 16.3. The van der Waals surface area contributed by atoms with E-state index in [1.54, 1.807) is 0 Å². The quantitative estimate of drug-likeness (QED) is 0.166. The minimum atomic E-state index is -0.0813. The third-order valence-electron chi connectivity index (χ3n) is 16.4. The van der Waals surface area contributed by atoms with Crippen LogP contribution in [-0.4, -0.2) is 0 Å². The number of furan rings is 2. The van der Waals surface area contributed by atoms with Crippen LogP contribution >= 0.6 is 0 Å². The fourth-order valence-electron chi connectivity index (χ4n) is 12.7. The van der Waals surface area contributed by atoms with Gasteiger partial charge in [-0.1, -0.05) is 137 Å². The highest BCUT2D eigenvalue weighted by molar-refractivity contribution is 6.25. The first-order valence-corrected chi connectivity index (χ1v) is 25.4. The summed E-state index contributed by atoms with van der Waals surface area (Å²) < 4.78 is 13.7. The van der Waals surface area contributed by atoms with E-state index in [-0.39, 0.29) is 10.8 Å². The van der Waals surface area contributed by atoms with E-state index >= 15 is 0 Å². The Morgan fingerprint density at radius 1 is 0.351 bits per heavy atom. The minimum absolute atomic E-state index is 0.0787. The van der Waals surface area contributed by atoms with Gasteiger partial charge in [-0.2, -0.15) is 5.26 Å². The molecule has 5 heteroatoms. The number of rotatable bonds is 6. The topological polar surface area (TPSA) is 56.6 Å². The molecule has 0 saturated heterocycles. The van der Waals surface area contributed by atoms with Crippen molar-refractivity contribution >= 4 is 99.5 Å². The summed E-state index contributed by atoms with van der Waals surface area (Å²) in [5, 5.41) is 18.5. The van der Waals surface area contributed by atoms with Gasteiger partial charge in [0.2, 0.25) is 0 Å². The molecule has 2 aliphatic rings. The normalized spacial score (nSPS) is 13.9. The number of hydrogen-bond donors (Lipinski definition) is 0. The summed E-state index contributed by atoms with van der Waals surface area (Å²) in [5.41, 5.74) is 19.9. The van der Waals surface area contributed by atoms with E-state index in [0.29, 0.717) is 22.3 Å². The van der Waals surface area contributed by atoms with Crippen LogP contribution in [0.3, 0.4) is 0 Å². The van der Waals surface area contributed by atoms with Crippen LogP contribution in [0.4, 0.5) is 34.1 Å². The molecule has 0 N–H and O–H groups in total. The smallest absolute Gasteiger partial charge is 0.156 e. The van der Waals surface area contributed by atoms with E-state index in [0.717, 1.165) is 82.8 Å². The lowest BCUT2D eigenvalue weighted by molar-refractivity contribution is 0.660. The molecule has 11 aromatic carbocycles. The zero-order valence-electron chi connectivity index (χ0n) is 41.4. The van der Waals surface area contributed by atoms with E-state index < -0.39 is 0 Å². The van der Waals surface area contributed by atoms with Crippen molar-refractivity contribution in [2.75, 3.05) is 9.80 Å². The van der Waals surface area contributed by atoms with Crippen LogP contribution in [0.15, 0.2) is 221 Å². The van der Waals surface area contributed by atoms with Crippen molar-refractivity contribution in [1.29, 1.82) is 5.26 Å². The van der Waals surface area contributed by atoms with Crippen molar-refractivity contribution in [3.8, 4) is 28.3 Å². The largest absolute Gasteiger partial charge is 0.455 e. The van der Waals surface area contributed by atoms with E-state index in [2.05, 4.69) is 250 Å². The zero-order chi connectivity index (χ0) is 49.6. The predicted molar refractivity (Wildman–Crippen MR) is 305 cm³/mol. The summed E-state index contributed by atoms with van der Waals surface area (Å²) in [7, 11) is 0. The van der Waals surface area contributed by atoms with Crippen LogP contribution in [0.1, 0.15) is 55.5 Å². The van der Waals surface area contributed by atoms with Gasteiger partial charge in [0, 0.05) is 61.1 Å². The number of benzene rings is 11. The predicted octanol–water partition coefficient (Wildman–Crippen LogP) is 19.2. The average molecular weight is 950 g/mol. The SMILES string of the molecule is CC1(C)c2ccccc2-c2cc(N(c3ccccc3)c3ccc4cc5c(cc4c3)oc3c5cc(C#N)c4oc5cc6cc(N(c7ccccc7)c7ccc8c(c7)-c7ccccc7C8(C)C)ccc6cc5c43)ccc21. The second-order valence-corrected chi connectivity index (χ2v) is 21.2. The Labute approximate surface area is 428 Å². The summed E-state index contributed by atoms with van der Waals surface area (Å²) in [6, 6.07) is 78.9. The Morgan fingerprint density at radius 2 is 0.784 bits per heavy atom. The van der Waals surface area contributed by atoms with Gasteiger partial charge >= 0.3 is 0 Å². The Morgan fingerprint density at radius 3 is 1.31 bits per heavy atom. The molecule has 350 valence electrons. The molecule has 5 nitrogen and oxygen atoms in total. The van der Waals surface area contributed by atoms with Gasteiger partial charge in [-0.3, -0.25) is 0 Å². The number of anilines is 6. The van der Waals surface area contributed by atoms with Crippen molar-refractivity contribution in [2.24, 2.45) is 0 Å². The lowest BCUT2D eigenvalue weighted by Gasteiger charge is -2.27. The maximum absolute atomic E-state index is 10.7. The number of nitriles is 1. The Kier molecular flexibility index (Phi) is 8.76. The molecule has 74 heavy (non-hydrogen) atoms. The molecule has 2 aliphatic carbocycles. The second kappa shape index (κ2) is 15.3. The fourth-order valence-corrected chi connectivity index (χ4v) is 12.7. The van der Waals surface area contributed by atoms with Crippen molar-refractivity contribution in [2.45, 2.75) is 38.5 Å². The second-order valence-electron chi connectivity index (χ2n) is 21.2. The average Bonchev–Trinajstić information content (AvgIpc) is 4.14. The fraction of sp³-hybridized carbons (Fsp3) is 0.0870. The lowest BCUT2D eigenvalue weighted by Crippen LogP contribution is -2.15. The molecular formula is C69H47N3O2. The third kappa shape index (κ3) is 6.03. The molecule has 0 saturated carbocycles. The summed E-state index contributed by atoms with van der Waals surface area (Å²) in [6.07, 6.45) is 0. The molecule has 0 unspecified atom stereocenters.